The second kappa shape index (κ2) is 4.58. The van der Waals surface area contributed by atoms with Crippen molar-refractivity contribution in [3.05, 3.63) is 35.9 Å². The van der Waals surface area contributed by atoms with E-state index >= 15 is 0 Å². The van der Waals surface area contributed by atoms with Crippen molar-refractivity contribution in [2.75, 3.05) is 0 Å². The molecule has 1 fully saturated rings. The number of carbonyl (C=O) groups is 1. The fourth-order valence-electron chi connectivity index (χ4n) is 1.74. The summed E-state index contributed by atoms with van der Waals surface area (Å²) in [5.41, 5.74) is 0.971. The average Bonchev–Trinajstić information content (AvgIpc) is 3.05. The van der Waals surface area contributed by atoms with Crippen molar-refractivity contribution in [2.45, 2.75) is 31.7 Å². The number of nitrogens with one attached hydrogen (secondary N) is 1. The highest BCUT2D eigenvalue weighted by atomic mass is 16.2. The van der Waals surface area contributed by atoms with Crippen LogP contribution in [0, 0.1) is 17.2 Å². The first-order valence-corrected chi connectivity index (χ1v) is 5.88. The number of nitriles is 1. The summed E-state index contributed by atoms with van der Waals surface area (Å²) >= 11 is 0. The molecule has 1 amide bonds. The van der Waals surface area contributed by atoms with Gasteiger partial charge < -0.3 is 5.32 Å². The first kappa shape index (κ1) is 11.7. The summed E-state index contributed by atoms with van der Waals surface area (Å²) in [6.45, 7) is 2.02. The van der Waals surface area contributed by atoms with E-state index in [0.29, 0.717) is 6.42 Å². The van der Waals surface area contributed by atoms with Gasteiger partial charge in [0.2, 0.25) is 5.91 Å². The minimum absolute atomic E-state index is 0.0527. The Labute approximate surface area is 101 Å². The van der Waals surface area contributed by atoms with E-state index in [1.165, 1.54) is 0 Å². The molecule has 0 saturated heterocycles. The van der Waals surface area contributed by atoms with E-state index < -0.39 is 5.92 Å². The Morgan fingerprint density at radius 3 is 2.65 bits per heavy atom. The smallest absolute Gasteiger partial charge is 0.238 e. The molecule has 17 heavy (non-hydrogen) atoms. The largest absolute Gasteiger partial charge is 0.350 e. The Balaban J connectivity index is 1.97. The number of amides is 1. The first-order valence-electron chi connectivity index (χ1n) is 5.88. The Kier molecular flexibility index (Phi) is 3.14. The van der Waals surface area contributed by atoms with Gasteiger partial charge in [0, 0.05) is 5.54 Å². The van der Waals surface area contributed by atoms with E-state index in [-0.39, 0.29) is 11.4 Å². The van der Waals surface area contributed by atoms with Crippen LogP contribution in [0.2, 0.25) is 0 Å². The van der Waals surface area contributed by atoms with Gasteiger partial charge in [0.25, 0.3) is 0 Å². The predicted molar refractivity (Wildman–Crippen MR) is 65.0 cm³/mol. The Hall–Kier alpha value is -1.82. The molecule has 1 aromatic rings. The van der Waals surface area contributed by atoms with E-state index in [4.69, 9.17) is 5.26 Å². The van der Waals surface area contributed by atoms with Crippen LogP contribution >= 0.6 is 0 Å². The molecule has 88 valence electrons. The van der Waals surface area contributed by atoms with Crippen molar-refractivity contribution in [1.82, 2.24) is 5.32 Å². The quantitative estimate of drug-likeness (QED) is 0.857. The Morgan fingerprint density at radius 1 is 1.47 bits per heavy atom. The van der Waals surface area contributed by atoms with E-state index in [0.717, 1.165) is 18.4 Å². The third-order valence-electron chi connectivity index (χ3n) is 3.18. The second-order valence-corrected chi connectivity index (χ2v) is 4.92. The molecule has 1 saturated carbocycles. The van der Waals surface area contributed by atoms with Crippen LogP contribution in [0.5, 0.6) is 0 Å². The summed E-state index contributed by atoms with van der Waals surface area (Å²) in [5, 5.41) is 12.0. The summed E-state index contributed by atoms with van der Waals surface area (Å²) in [6.07, 6.45) is 2.52. The molecular weight excluding hydrogens is 212 g/mol. The maximum atomic E-state index is 11.9. The van der Waals surface area contributed by atoms with Crippen molar-refractivity contribution in [3.8, 4) is 6.07 Å². The van der Waals surface area contributed by atoms with Crippen LogP contribution in [0.25, 0.3) is 0 Å². The van der Waals surface area contributed by atoms with Crippen LogP contribution in [0.3, 0.4) is 0 Å². The van der Waals surface area contributed by atoms with Crippen molar-refractivity contribution < 1.29 is 4.79 Å². The van der Waals surface area contributed by atoms with Crippen LogP contribution < -0.4 is 5.32 Å². The van der Waals surface area contributed by atoms with Crippen LogP contribution in [0.4, 0.5) is 0 Å². The SMILES string of the molecule is CC1(NC(=O)C(C#N)Cc2ccccc2)CC1. The average molecular weight is 228 g/mol. The number of rotatable bonds is 4. The number of hydrogen-bond acceptors (Lipinski definition) is 2. The van der Waals surface area contributed by atoms with Gasteiger partial charge in [0.1, 0.15) is 5.92 Å². The molecule has 1 aliphatic rings. The molecule has 0 bridgehead atoms. The third-order valence-corrected chi connectivity index (χ3v) is 3.18. The molecule has 0 radical (unpaired) electrons. The lowest BCUT2D eigenvalue weighted by Gasteiger charge is -2.14. The van der Waals surface area contributed by atoms with Crippen LogP contribution in [0.1, 0.15) is 25.3 Å². The van der Waals surface area contributed by atoms with E-state index in [1.54, 1.807) is 0 Å². The van der Waals surface area contributed by atoms with Crippen molar-refractivity contribution in [3.63, 3.8) is 0 Å². The minimum Gasteiger partial charge on any atom is -0.350 e. The maximum absolute atomic E-state index is 11.9. The molecule has 3 heteroatoms. The van der Waals surface area contributed by atoms with Gasteiger partial charge in [-0.25, -0.2) is 0 Å². The molecule has 1 aromatic carbocycles. The van der Waals surface area contributed by atoms with Gasteiger partial charge in [-0.05, 0) is 31.7 Å². The summed E-state index contributed by atoms with van der Waals surface area (Å²) in [7, 11) is 0. The number of nitrogens with zero attached hydrogens (tertiary/aromatic N) is 1. The van der Waals surface area contributed by atoms with Crippen LogP contribution in [-0.2, 0) is 11.2 Å². The predicted octanol–water partition coefficient (Wildman–Crippen LogP) is 2.04. The van der Waals surface area contributed by atoms with Crippen molar-refractivity contribution in [2.24, 2.45) is 5.92 Å². The minimum atomic E-state index is -0.588. The molecule has 2 rings (SSSR count). The highest BCUT2D eigenvalue weighted by Gasteiger charge is 2.39. The third kappa shape index (κ3) is 3.07. The Morgan fingerprint density at radius 2 is 2.12 bits per heavy atom. The number of benzene rings is 1. The maximum Gasteiger partial charge on any atom is 0.238 e. The topological polar surface area (TPSA) is 52.9 Å². The van der Waals surface area contributed by atoms with E-state index in [1.807, 2.05) is 37.3 Å². The van der Waals surface area contributed by atoms with Gasteiger partial charge in [0.05, 0.1) is 6.07 Å². The fourth-order valence-corrected chi connectivity index (χ4v) is 1.74. The number of carbonyl (C=O) groups excluding carboxylic acids is 1. The van der Waals surface area contributed by atoms with Gasteiger partial charge in [-0.1, -0.05) is 30.3 Å². The molecule has 1 N–H and O–H groups in total. The molecule has 0 aliphatic heterocycles. The van der Waals surface area contributed by atoms with Gasteiger partial charge in [-0.15, -0.1) is 0 Å². The molecule has 1 atom stereocenters. The highest BCUT2D eigenvalue weighted by Crippen LogP contribution is 2.34. The summed E-state index contributed by atoms with van der Waals surface area (Å²) < 4.78 is 0. The van der Waals surface area contributed by atoms with Gasteiger partial charge in [0.15, 0.2) is 0 Å². The first-order chi connectivity index (χ1) is 8.13. The molecular formula is C14H16N2O. The summed E-state index contributed by atoms with van der Waals surface area (Å²) in [6, 6.07) is 11.7. The molecule has 1 unspecified atom stereocenters. The highest BCUT2D eigenvalue weighted by molar-refractivity contribution is 5.82. The van der Waals surface area contributed by atoms with Crippen LogP contribution in [-0.4, -0.2) is 11.4 Å². The van der Waals surface area contributed by atoms with Gasteiger partial charge >= 0.3 is 0 Å². The lowest BCUT2D eigenvalue weighted by Crippen LogP contribution is -2.39. The molecule has 3 nitrogen and oxygen atoms in total. The number of hydrogen-bond donors (Lipinski definition) is 1. The van der Waals surface area contributed by atoms with Crippen molar-refractivity contribution in [1.29, 1.82) is 5.26 Å². The summed E-state index contributed by atoms with van der Waals surface area (Å²) in [5.74, 6) is -0.730. The monoisotopic (exact) mass is 228 g/mol. The zero-order valence-corrected chi connectivity index (χ0v) is 9.94. The van der Waals surface area contributed by atoms with Crippen LogP contribution in [0.15, 0.2) is 30.3 Å². The zero-order valence-electron chi connectivity index (χ0n) is 9.94. The molecule has 0 aromatic heterocycles. The van der Waals surface area contributed by atoms with Gasteiger partial charge in [-0.3, -0.25) is 4.79 Å². The van der Waals surface area contributed by atoms with E-state index in [9.17, 15) is 4.79 Å². The van der Waals surface area contributed by atoms with Crippen molar-refractivity contribution >= 4 is 5.91 Å². The van der Waals surface area contributed by atoms with Gasteiger partial charge in [-0.2, -0.15) is 5.26 Å². The lowest BCUT2D eigenvalue weighted by atomic mass is 9.99. The molecule has 0 spiro atoms. The Bertz CT molecular complexity index is 443. The summed E-state index contributed by atoms with van der Waals surface area (Å²) in [4.78, 5) is 11.9. The second-order valence-electron chi connectivity index (χ2n) is 4.92. The lowest BCUT2D eigenvalue weighted by molar-refractivity contribution is -0.124. The molecule has 1 aliphatic carbocycles. The standard InChI is InChI=1S/C14H16N2O/c1-14(7-8-14)16-13(17)12(10-15)9-11-5-3-2-4-6-11/h2-6,12H,7-9H2,1H3,(H,16,17). The zero-order chi connectivity index (χ0) is 12.3. The normalized spacial score (nSPS) is 17.9. The molecule has 0 heterocycles. The van der Waals surface area contributed by atoms with E-state index in [2.05, 4.69) is 11.4 Å². The fraction of sp³-hybridized carbons (Fsp3) is 0.429.